The Morgan fingerprint density at radius 2 is 2.12 bits per heavy atom. The maximum absolute atomic E-state index is 11.4. The molecule has 1 heterocycles. The molecule has 0 aromatic heterocycles. The summed E-state index contributed by atoms with van der Waals surface area (Å²) in [5, 5.41) is 0. The summed E-state index contributed by atoms with van der Waals surface area (Å²) in [6.45, 7) is 7.17. The minimum atomic E-state index is -0.702. The van der Waals surface area contributed by atoms with Gasteiger partial charge in [0.05, 0.1) is 12.7 Å². The second kappa shape index (κ2) is 5.12. The molecule has 0 fully saturated rings. The van der Waals surface area contributed by atoms with Crippen molar-refractivity contribution in [3.05, 3.63) is 11.8 Å². The van der Waals surface area contributed by atoms with Gasteiger partial charge in [0.25, 0.3) is 5.90 Å². The number of rotatable bonds is 4. The zero-order valence-electron chi connectivity index (χ0n) is 10.6. The molecule has 0 amide bonds. The molecule has 0 unspecified atom stereocenters. The maximum Gasteiger partial charge on any atom is 0.334 e. The number of carbonyl (C=O) groups is 2. The van der Waals surface area contributed by atoms with E-state index in [1.165, 1.54) is 13.0 Å². The summed E-state index contributed by atoms with van der Waals surface area (Å²) in [4.78, 5) is 26.6. The van der Waals surface area contributed by atoms with Gasteiger partial charge in [0.1, 0.15) is 11.3 Å². The first-order valence-electron chi connectivity index (χ1n) is 5.54. The summed E-state index contributed by atoms with van der Waals surface area (Å²) >= 11 is 0. The Hall–Kier alpha value is -1.65. The van der Waals surface area contributed by atoms with Crippen LogP contribution in [0.5, 0.6) is 0 Å². The van der Waals surface area contributed by atoms with Crippen LogP contribution in [0, 0.1) is 0 Å². The fraction of sp³-hybridized carbons (Fsp3) is 0.583. The maximum atomic E-state index is 11.4. The van der Waals surface area contributed by atoms with Crippen molar-refractivity contribution in [1.82, 2.24) is 0 Å². The van der Waals surface area contributed by atoms with Gasteiger partial charge in [-0.2, -0.15) is 0 Å². The lowest BCUT2D eigenvalue weighted by molar-refractivity contribution is -0.138. The highest BCUT2D eigenvalue weighted by Gasteiger charge is 2.35. The van der Waals surface area contributed by atoms with E-state index in [-0.39, 0.29) is 11.7 Å². The Morgan fingerprint density at radius 1 is 1.47 bits per heavy atom. The van der Waals surface area contributed by atoms with Crippen molar-refractivity contribution >= 4 is 17.7 Å². The summed E-state index contributed by atoms with van der Waals surface area (Å²) in [6.07, 6.45) is 2.00. The molecule has 0 saturated carbocycles. The number of Topliss-reactive ketones (excluding diaryl/α,β-unsaturated/α-hetero) is 1. The Morgan fingerprint density at radius 3 is 2.59 bits per heavy atom. The highest BCUT2D eigenvalue weighted by atomic mass is 16.5. The quantitative estimate of drug-likeness (QED) is 0.552. The highest BCUT2D eigenvalue weighted by Crippen LogP contribution is 2.28. The van der Waals surface area contributed by atoms with Crippen LogP contribution < -0.4 is 0 Å². The third kappa shape index (κ3) is 3.41. The third-order valence-corrected chi connectivity index (χ3v) is 2.19. The molecule has 0 atom stereocenters. The van der Waals surface area contributed by atoms with Gasteiger partial charge in [-0.05, 0) is 20.3 Å². The molecule has 1 aliphatic rings. The van der Waals surface area contributed by atoms with Crippen molar-refractivity contribution in [2.75, 3.05) is 6.61 Å². The van der Waals surface area contributed by atoms with E-state index < -0.39 is 11.5 Å². The molecule has 0 aromatic rings. The first kappa shape index (κ1) is 13.4. The molecule has 5 nitrogen and oxygen atoms in total. The Labute approximate surface area is 101 Å². The number of ketones is 1. The van der Waals surface area contributed by atoms with Crippen LogP contribution in [0.3, 0.4) is 0 Å². The summed E-state index contributed by atoms with van der Waals surface area (Å²) in [5.41, 5.74) is -0.702. The molecular weight excluding hydrogens is 222 g/mol. The van der Waals surface area contributed by atoms with E-state index in [4.69, 9.17) is 9.47 Å². The number of esters is 1. The first-order valence-corrected chi connectivity index (χ1v) is 5.54. The zero-order chi connectivity index (χ0) is 13.1. The van der Waals surface area contributed by atoms with Crippen molar-refractivity contribution < 1.29 is 19.1 Å². The molecule has 0 N–H and O–H groups in total. The molecule has 1 aliphatic heterocycles. The Kier molecular flexibility index (Phi) is 4.04. The van der Waals surface area contributed by atoms with Gasteiger partial charge in [-0.25, -0.2) is 9.79 Å². The molecule has 0 radical (unpaired) electrons. The topological polar surface area (TPSA) is 65.0 Å². The van der Waals surface area contributed by atoms with E-state index in [0.717, 1.165) is 6.42 Å². The summed E-state index contributed by atoms with van der Waals surface area (Å²) < 4.78 is 10.2. The third-order valence-electron chi connectivity index (χ3n) is 2.19. The summed E-state index contributed by atoms with van der Waals surface area (Å²) in [7, 11) is 0. The molecule has 0 bridgehead atoms. The number of nitrogens with zero attached hydrogens (tertiary/aromatic N) is 1. The minimum Gasteiger partial charge on any atom is -0.462 e. The predicted molar refractivity (Wildman–Crippen MR) is 62.6 cm³/mol. The molecular formula is C12H17NO4. The number of hydrogen-bond acceptors (Lipinski definition) is 5. The van der Waals surface area contributed by atoms with Crippen LogP contribution in [-0.2, 0) is 19.1 Å². The van der Waals surface area contributed by atoms with Gasteiger partial charge in [0.15, 0.2) is 0 Å². The highest BCUT2D eigenvalue weighted by molar-refractivity contribution is 6.36. The van der Waals surface area contributed by atoms with E-state index in [2.05, 4.69) is 4.99 Å². The SMILES string of the molecule is CCCOC(=O)/C=C1/OC(C(C)=O)=NC1(C)C. The second-order valence-electron chi connectivity index (χ2n) is 4.31. The molecule has 17 heavy (non-hydrogen) atoms. The van der Waals surface area contributed by atoms with Crippen molar-refractivity contribution in [1.29, 1.82) is 0 Å². The average Bonchev–Trinajstić information content (AvgIpc) is 2.52. The average molecular weight is 239 g/mol. The minimum absolute atomic E-state index is 0.0320. The molecule has 0 spiro atoms. The van der Waals surface area contributed by atoms with Crippen molar-refractivity contribution in [2.45, 2.75) is 39.7 Å². The second-order valence-corrected chi connectivity index (χ2v) is 4.31. The van der Waals surface area contributed by atoms with Gasteiger partial charge < -0.3 is 9.47 Å². The van der Waals surface area contributed by atoms with Gasteiger partial charge in [0.2, 0.25) is 5.78 Å². The van der Waals surface area contributed by atoms with Gasteiger partial charge in [0, 0.05) is 6.92 Å². The molecule has 0 saturated heterocycles. The number of carbonyl (C=O) groups excluding carboxylic acids is 2. The molecule has 1 rings (SSSR count). The lowest BCUT2D eigenvalue weighted by Gasteiger charge is -2.13. The molecule has 0 aliphatic carbocycles. The fourth-order valence-electron chi connectivity index (χ4n) is 1.27. The number of aliphatic imine (C=N–C) groups is 1. The molecule has 0 aromatic carbocycles. The number of ether oxygens (including phenoxy) is 2. The van der Waals surface area contributed by atoms with Crippen molar-refractivity contribution in [3.8, 4) is 0 Å². The van der Waals surface area contributed by atoms with E-state index in [1.54, 1.807) is 13.8 Å². The van der Waals surface area contributed by atoms with Gasteiger partial charge >= 0.3 is 5.97 Å². The monoisotopic (exact) mass is 239 g/mol. The fourth-order valence-corrected chi connectivity index (χ4v) is 1.27. The predicted octanol–water partition coefficient (Wildman–Crippen LogP) is 1.62. The van der Waals surface area contributed by atoms with Crippen LogP contribution in [0.15, 0.2) is 16.8 Å². The van der Waals surface area contributed by atoms with Crippen LogP contribution in [0.2, 0.25) is 0 Å². The molecule has 94 valence electrons. The van der Waals surface area contributed by atoms with Crippen LogP contribution in [0.4, 0.5) is 0 Å². The van der Waals surface area contributed by atoms with Crippen LogP contribution in [0.25, 0.3) is 0 Å². The van der Waals surface area contributed by atoms with E-state index >= 15 is 0 Å². The smallest absolute Gasteiger partial charge is 0.334 e. The Balaban J connectivity index is 2.78. The largest absolute Gasteiger partial charge is 0.462 e. The van der Waals surface area contributed by atoms with Crippen LogP contribution in [0.1, 0.15) is 34.1 Å². The normalized spacial score (nSPS) is 19.8. The summed E-state index contributed by atoms with van der Waals surface area (Å²) in [5.74, 6) is -0.369. The van der Waals surface area contributed by atoms with E-state index in [1.807, 2.05) is 6.92 Å². The van der Waals surface area contributed by atoms with E-state index in [0.29, 0.717) is 12.4 Å². The lowest BCUT2D eigenvalue weighted by Crippen LogP contribution is -2.18. The van der Waals surface area contributed by atoms with Gasteiger partial charge in [-0.3, -0.25) is 4.79 Å². The van der Waals surface area contributed by atoms with Gasteiger partial charge in [-0.15, -0.1) is 0 Å². The first-order chi connectivity index (χ1) is 7.86. The van der Waals surface area contributed by atoms with E-state index in [9.17, 15) is 9.59 Å². The van der Waals surface area contributed by atoms with Crippen LogP contribution in [-0.4, -0.2) is 29.8 Å². The number of hydrogen-bond donors (Lipinski definition) is 0. The molecule has 5 heteroatoms. The van der Waals surface area contributed by atoms with Crippen molar-refractivity contribution in [3.63, 3.8) is 0 Å². The Bertz CT molecular complexity index is 393. The summed E-state index contributed by atoms with van der Waals surface area (Å²) in [6, 6.07) is 0. The van der Waals surface area contributed by atoms with Crippen molar-refractivity contribution in [2.24, 2.45) is 4.99 Å². The van der Waals surface area contributed by atoms with Gasteiger partial charge in [-0.1, -0.05) is 6.92 Å². The van der Waals surface area contributed by atoms with Crippen LogP contribution >= 0.6 is 0 Å². The standard InChI is InChI=1S/C12H17NO4/c1-5-6-16-10(15)7-9-12(3,4)13-11(17-9)8(2)14/h7H,5-6H2,1-4H3/b9-7+. The zero-order valence-corrected chi connectivity index (χ0v) is 10.6. The lowest BCUT2D eigenvalue weighted by atomic mass is 10.0.